The molecule has 1 aliphatic carbocycles. The zero-order chi connectivity index (χ0) is 21.4. The van der Waals surface area contributed by atoms with Gasteiger partial charge in [-0.3, -0.25) is 20.0 Å². The van der Waals surface area contributed by atoms with Gasteiger partial charge in [-0.25, -0.2) is 4.98 Å². The molecule has 1 aliphatic heterocycles. The fourth-order valence-electron chi connectivity index (χ4n) is 4.22. The van der Waals surface area contributed by atoms with Crippen molar-refractivity contribution in [2.45, 2.75) is 37.5 Å². The predicted molar refractivity (Wildman–Crippen MR) is 116 cm³/mol. The van der Waals surface area contributed by atoms with Crippen LogP contribution < -0.4 is 4.90 Å². The fraction of sp³-hybridized carbons (Fsp3) is 0.348. The number of benzene rings is 2. The van der Waals surface area contributed by atoms with Gasteiger partial charge >= 0.3 is 0 Å². The van der Waals surface area contributed by atoms with Crippen molar-refractivity contribution in [3.8, 4) is 0 Å². The van der Waals surface area contributed by atoms with Crippen LogP contribution in [0.1, 0.15) is 65.1 Å². The van der Waals surface area contributed by atoms with Crippen LogP contribution in [0.5, 0.6) is 0 Å². The summed E-state index contributed by atoms with van der Waals surface area (Å²) in [7, 11) is 0. The summed E-state index contributed by atoms with van der Waals surface area (Å²) in [6.07, 6.45) is 4.03. The molecule has 0 bridgehead atoms. The van der Waals surface area contributed by atoms with Crippen molar-refractivity contribution in [3.63, 3.8) is 0 Å². The second-order valence-electron chi connectivity index (χ2n) is 8.27. The van der Waals surface area contributed by atoms with Crippen LogP contribution in [-0.4, -0.2) is 39.0 Å². The average Bonchev–Trinajstić information content (AvgIpc) is 3.55. The Morgan fingerprint density at radius 1 is 1.00 bits per heavy atom. The maximum atomic E-state index is 12.7. The molecule has 3 aromatic rings. The molecule has 2 heterocycles. The molecule has 0 unspecified atom stereocenters. The van der Waals surface area contributed by atoms with Crippen molar-refractivity contribution in [1.82, 2.24) is 15.2 Å². The van der Waals surface area contributed by atoms with Gasteiger partial charge < -0.3 is 4.90 Å². The molecule has 0 radical (unpaired) electrons. The summed E-state index contributed by atoms with van der Waals surface area (Å²) in [5, 5.41) is 19.2. The van der Waals surface area contributed by atoms with E-state index in [9.17, 15) is 14.9 Å². The van der Waals surface area contributed by atoms with E-state index in [4.69, 9.17) is 0 Å². The number of nitrogens with one attached hydrogen (secondary N) is 1. The van der Waals surface area contributed by atoms with Crippen LogP contribution >= 0.6 is 0 Å². The number of aromatic amines is 1. The highest BCUT2D eigenvalue weighted by Crippen LogP contribution is 2.39. The van der Waals surface area contributed by atoms with Crippen LogP contribution in [-0.2, 0) is 0 Å². The minimum Gasteiger partial charge on any atom is -0.366 e. The molecule has 0 atom stereocenters. The highest BCUT2D eigenvalue weighted by atomic mass is 16.6. The maximum Gasteiger partial charge on any atom is 0.293 e. The monoisotopic (exact) mass is 417 g/mol. The molecule has 8 heteroatoms. The number of piperidine rings is 1. The second kappa shape index (κ2) is 7.94. The van der Waals surface area contributed by atoms with Crippen molar-refractivity contribution in [3.05, 3.63) is 81.4 Å². The zero-order valence-corrected chi connectivity index (χ0v) is 17.0. The molecule has 0 amide bonds. The summed E-state index contributed by atoms with van der Waals surface area (Å²) in [6, 6.07) is 13.6. The first-order valence-electron chi connectivity index (χ1n) is 10.7. The molecule has 1 N–H and O–H groups in total. The number of nitrogens with zero attached hydrogens (tertiary/aromatic N) is 4. The van der Waals surface area contributed by atoms with Crippen LogP contribution in [0.3, 0.4) is 0 Å². The Morgan fingerprint density at radius 2 is 1.74 bits per heavy atom. The van der Waals surface area contributed by atoms with Crippen molar-refractivity contribution in [1.29, 1.82) is 0 Å². The van der Waals surface area contributed by atoms with Gasteiger partial charge in [0.25, 0.3) is 5.69 Å². The molecule has 1 saturated heterocycles. The van der Waals surface area contributed by atoms with E-state index in [-0.39, 0.29) is 17.4 Å². The largest absolute Gasteiger partial charge is 0.366 e. The van der Waals surface area contributed by atoms with Crippen LogP contribution in [0.4, 0.5) is 11.4 Å². The molecular weight excluding hydrogens is 394 g/mol. The van der Waals surface area contributed by atoms with Crippen molar-refractivity contribution in [2.75, 3.05) is 18.0 Å². The Labute approximate surface area is 179 Å². The number of aromatic nitrogens is 3. The number of hydrogen-bond acceptors (Lipinski definition) is 6. The average molecular weight is 417 g/mol. The Balaban J connectivity index is 1.32. The molecule has 2 aliphatic rings. The lowest BCUT2D eigenvalue weighted by Gasteiger charge is -2.32. The molecule has 5 rings (SSSR count). The summed E-state index contributed by atoms with van der Waals surface area (Å²) in [4.78, 5) is 30.8. The Kier molecular flexibility index (Phi) is 4.97. The Bertz CT molecular complexity index is 1120. The topological polar surface area (TPSA) is 105 Å². The molecule has 0 spiro atoms. The van der Waals surface area contributed by atoms with Gasteiger partial charge in [0.15, 0.2) is 11.6 Å². The highest BCUT2D eigenvalue weighted by molar-refractivity contribution is 6.09. The second-order valence-corrected chi connectivity index (χ2v) is 8.27. The molecule has 2 fully saturated rings. The number of carbonyl (C=O) groups excluding carboxylic acids is 1. The van der Waals surface area contributed by atoms with Crippen molar-refractivity contribution in [2.24, 2.45) is 0 Å². The number of anilines is 1. The number of carbonyl (C=O) groups is 1. The lowest BCUT2D eigenvalue weighted by atomic mass is 9.95. The third kappa shape index (κ3) is 3.93. The van der Waals surface area contributed by atoms with Crippen LogP contribution in [0.25, 0.3) is 0 Å². The molecule has 31 heavy (non-hydrogen) atoms. The smallest absolute Gasteiger partial charge is 0.293 e. The number of hydrogen-bond donors (Lipinski definition) is 1. The number of rotatable bonds is 6. The van der Waals surface area contributed by atoms with Gasteiger partial charge in [-0.05, 0) is 37.8 Å². The van der Waals surface area contributed by atoms with Gasteiger partial charge in [0.2, 0.25) is 0 Å². The number of nitro groups is 1. The third-order valence-corrected chi connectivity index (χ3v) is 6.16. The first-order valence-corrected chi connectivity index (χ1v) is 10.7. The standard InChI is InChI=1S/C23H23N5O3/c29-21(15-4-2-1-3-5-15)18-8-9-19(20(14-18)28(30)31)27-12-10-17(11-13-27)23-24-22(25-26-23)16-6-7-16/h1-5,8-9,14,16-17H,6-7,10-13H2,(H,24,25,26). The molecule has 8 nitrogen and oxygen atoms in total. The fourth-order valence-corrected chi connectivity index (χ4v) is 4.22. The van der Waals surface area contributed by atoms with Crippen molar-refractivity contribution >= 4 is 17.2 Å². The zero-order valence-electron chi connectivity index (χ0n) is 17.0. The maximum absolute atomic E-state index is 12.7. The lowest BCUT2D eigenvalue weighted by molar-refractivity contribution is -0.384. The van der Waals surface area contributed by atoms with E-state index in [0.29, 0.717) is 35.8 Å². The van der Waals surface area contributed by atoms with Gasteiger partial charge in [-0.15, -0.1) is 0 Å². The summed E-state index contributed by atoms with van der Waals surface area (Å²) >= 11 is 0. The van der Waals surface area contributed by atoms with E-state index < -0.39 is 4.92 Å². The number of ketones is 1. The first kappa shape index (κ1) is 19.4. The van der Waals surface area contributed by atoms with E-state index in [1.165, 1.54) is 18.9 Å². The van der Waals surface area contributed by atoms with Gasteiger partial charge in [-0.2, -0.15) is 5.10 Å². The molecule has 1 aromatic heterocycles. The third-order valence-electron chi connectivity index (χ3n) is 6.16. The van der Waals surface area contributed by atoms with E-state index in [0.717, 1.165) is 24.5 Å². The summed E-state index contributed by atoms with van der Waals surface area (Å²) in [5.41, 5.74) is 1.37. The van der Waals surface area contributed by atoms with Crippen molar-refractivity contribution < 1.29 is 9.72 Å². The summed E-state index contributed by atoms with van der Waals surface area (Å²) in [6.45, 7) is 1.38. The Hall–Kier alpha value is -3.55. The van der Waals surface area contributed by atoms with Crippen LogP contribution in [0, 0.1) is 10.1 Å². The minimum atomic E-state index is -0.401. The van der Waals surface area contributed by atoms with Gasteiger partial charge in [0.1, 0.15) is 11.5 Å². The molecular formula is C23H23N5O3. The number of H-pyrrole nitrogens is 1. The normalized spacial score (nSPS) is 17.0. The molecule has 1 saturated carbocycles. The Morgan fingerprint density at radius 3 is 2.42 bits per heavy atom. The van der Waals surface area contributed by atoms with Gasteiger partial charge in [0.05, 0.1) is 4.92 Å². The molecule has 158 valence electrons. The van der Waals surface area contributed by atoms with E-state index in [2.05, 4.69) is 15.2 Å². The summed E-state index contributed by atoms with van der Waals surface area (Å²) in [5.74, 6) is 2.44. The van der Waals surface area contributed by atoms with Gasteiger partial charge in [0, 0.05) is 42.1 Å². The van der Waals surface area contributed by atoms with Crippen LogP contribution in [0.15, 0.2) is 48.5 Å². The quantitative estimate of drug-likeness (QED) is 0.366. The number of nitro benzene ring substituents is 1. The summed E-state index contributed by atoms with van der Waals surface area (Å²) < 4.78 is 0. The highest BCUT2D eigenvalue weighted by Gasteiger charge is 2.31. The SMILES string of the molecule is O=C(c1ccccc1)c1ccc(N2CCC(c3nc(C4CC4)n[nH]3)CC2)c([N+](=O)[O-])c1. The van der Waals surface area contributed by atoms with Gasteiger partial charge in [-0.1, -0.05) is 30.3 Å². The van der Waals surface area contributed by atoms with E-state index >= 15 is 0 Å². The predicted octanol–water partition coefficient (Wildman–Crippen LogP) is 4.21. The minimum absolute atomic E-state index is 0.0316. The molecule has 2 aromatic carbocycles. The first-order chi connectivity index (χ1) is 15.1. The lowest BCUT2D eigenvalue weighted by Crippen LogP contribution is -2.33. The van der Waals surface area contributed by atoms with Crippen LogP contribution in [0.2, 0.25) is 0 Å². The van der Waals surface area contributed by atoms with E-state index in [1.807, 2.05) is 11.0 Å². The van der Waals surface area contributed by atoms with E-state index in [1.54, 1.807) is 36.4 Å².